The van der Waals surface area contributed by atoms with Crippen molar-refractivity contribution in [3.63, 3.8) is 0 Å². The molecule has 1 aromatic carbocycles. The van der Waals surface area contributed by atoms with Gasteiger partial charge in [-0.15, -0.1) is 6.58 Å². The lowest BCUT2D eigenvalue weighted by atomic mass is 9.33. The van der Waals surface area contributed by atoms with Crippen LogP contribution in [0.4, 0.5) is 0 Å². The summed E-state index contributed by atoms with van der Waals surface area (Å²) in [5, 5.41) is 23.1. The van der Waals surface area contributed by atoms with E-state index in [1.165, 1.54) is 11.1 Å². The summed E-state index contributed by atoms with van der Waals surface area (Å²) in [5.41, 5.74) is 0.562. The molecule has 2 aliphatic heterocycles. The minimum absolute atomic E-state index is 0.0106. The highest BCUT2D eigenvalue weighted by atomic mass is 16.6. The average molecular weight is 468 g/mol. The molecule has 34 heavy (non-hydrogen) atoms. The summed E-state index contributed by atoms with van der Waals surface area (Å²) >= 11 is 0. The summed E-state index contributed by atoms with van der Waals surface area (Å²) in [6.45, 7) is 14.5. The van der Waals surface area contributed by atoms with Crippen LogP contribution in [0, 0.1) is 16.7 Å². The van der Waals surface area contributed by atoms with Crippen LogP contribution >= 0.6 is 0 Å². The molecule has 1 saturated heterocycles. The minimum atomic E-state index is -0.932. The molecule has 2 spiro atoms. The Balaban J connectivity index is 1.61. The van der Waals surface area contributed by atoms with Gasteiger partial charge >= 0.3 is 0 Å². The molecular formula is C29H41NO4. The van der Waals surface area contributed by atoms with Crippen LogP contribution in [0.15, 0.2) is 24.8 Å². The van der Waals surface area contributed by atoms with Gasteiger partial charge in [0.25, 0.3) is 0 Å². The minimum Gasteiger partial charge on any atom is -0.504 e. The van der Waals surface area contributed by atoms with Crippen LogP contribution in [0.3, 0.4) is 0 Å². The lowest BCUT2D eigenvalue weighted by Crippen LogP contribution is -2.83. The highest BCUT2D eigenvalue weighted by molar-refractivity contribution is 5.63. The fourth-order valence-corrected chi connectivity index (χ4v) is 9.25. The molecule has 1 aromatic rings. The second-order valence-corrected chi connectivity index (χ2v) is 13.0. The van der Waals surface area contributed by atoms with E-state index in [0.29, 0.717) is 11.8 Å². The molecule has 3 saturated carbocycles. The highest BCUT2D eigenvalue weighted by Gasteiger charge is 2.82. The molecule has 4 bridgehead atoms. The van der Waals surface area contributed by atoms with Crippen molar-refractivity contribution in [3.8, 4) is 11.5 Å². The van der Waals surface area contributed by atoms with Gasteiger partial charge in [0, 0.05) is 42.0 Å². The molecular weight excluding hydrogens is 426 g/mol. The van der Waals surface area contributed by atoms with E-state index in [0.717, 1.165) is 51.6 Å². The Kier molecular flexibility index (Phi) is 4.58. The van der Waals surface area contributed by atoms with Gasteiger partial charge in [-0.2, -0.15) is 0 Å². The Hall–Kier alpha value is -1.56. The van der Waals surface area contributed by atoms with E-state index < -0.39 is 11.2 Å². The first kappa shape index (κ1) is 22.9. The van der Waals surface area contributed by atoms with E-state index in [2.05, 4.69) is 38.3 Å². The number of phenols is 1. The van der Waals surface area contributed by atoms with Crippen LogP contribution in [0.25, 0.3) is 0 Å². The number of benzene rings is 1. The van der Waals surface area contributed by atoms with Gasteiger partial charge in [-0.1, -0.05) is 32.9 Å². The van der Waals surface area contributed by atoms with Gasteiger partial charge in [0.2, 0.25) is 0 Å². The molecule has 7 atom stereocenters. The molecule has 1 unspecified atom stereocenters. The largest absolute Gasteiger partial charge is 0.504 e. The van der Waals surface area contributed by atoms with Gasteiger partial charge in [-0.05, 0) is 69.0 Å². The van der Waals surface area contributed by atoms with Crippen molar-refractivity contribution in [3.05, 3.63) is 35.9 Å². The lowest BCUT2D eigenvalue weighted by Gasteiger charge is -2.75. The molecule has 186 valence electrons. The van der Waals surface area contributed by atoms with E-state index in [1.807, 2.05) is 26.2 Å². The third-order valence-electron chi connectivity index (χ3n) is 11.3. The summed E-state index contributed by atoms with van der Waals surface area (Å²) in [4.78, 5) is 2.70. The van der Waals surface area contributed by atoms with Gasteiger partial charge < -0.3 is 19.7 Å². The zero-order valence-electron chi connectivity index (χ0n) is 21.5. The number of hydrogen-bond donors (Lipinski definition) is 2. The number of rotatable bonds is 5. The van der Waals surface area contributed by atoms with E-state index in [1.54, 1.807) is 0 Å². The summed E-state index contributed by atoms with van der Waals surface area (Å²) < 4.78 is 13.4. The standard InChI is InChI=1S/C29H41NO4/c1-7-8-14-30-15-13-28-22-18-9-10-19(31)23(22)34-24(28)29(33-6)12-11-27(28,21(30)16-18)17-20(29)26(5,32)25(2,3)4/h7,9-10,20-21,24,31-32H,1,8,11-17H2,2-6H3/t20-,21-,24-,26?,27-,28+,29-/m1/s1. The topological polar surface area (TPSA) is 62.2 Å². The quantitative estimate of drug-likeness (QED) is 0.621. The van der Waals surface area contributed by atoms with Crippen LogP contribution < -0.4 is 4.74 Å². The van der Waals surface area contributed by atoms with Crippen molar-refractivity contribution in [2.24, 2.45) is 16.7 Å². The molecule has 7 rings (SSSR count). The molecule has 4 aliphatic carbocycles. The smallest absolute Gasteiger partial charge is 0.165 e. The first-order chi connectivity index (χ1) is 16.0. The summed E-state index contributed by atoms with van der Waals surface area (Å²) in [5.74, 6) is 0.871. The van der Waals surface area contributed by atoms with Gasteiger partial charge in [0.15, 0.2) is 11.5 Å². The number of hydrogen-bond acceptors (Lipinski definition) is 5. The summed E-state index contributed by atoms with van der Waals surface area (Å²) in [6.07, 6.45) is 7.67. The van der Waals surface area contributed by atoms with Crippen molar-refractivity contribution in [2.45, 2.75) is 95.0 Å². The Morgan fingerprint density at radius 3 is 2.68 bits per heavy atom. The number of nitrogens with zero attached hydrogens (tertiary/aromatic N) is 1. The second-order valence-electron chi connectivity index (χ2n) is 13.0. The Morgan fingerprint density at radius 2 is 2.00 bits per heavy atom. The predicted molar refractivity (Wildman–Crippen MR) is 132 cm³/mol. The number of likely N-dealkylation sites (tertiary alicyclic amines) is 1. The number of fused-ring (bicyclic) bond motifs is 2. The number of methoxy groups -OCH3 is 1. The Bertz CT molecular complexity index is 1040. The summed E-state index contributed by atoms with van der Waals surface area (Å²) in [7, 11) is 1.81. The lowest BCUT2D eigenvalue weighted by molar-refractivity contribution is -0.312. The third kappa shape index (κ3) is 2.33. The maximum absolute atomic E-state index is 12.2. The van der Waals surface area contributed by atoms with Gasteiger partial charge in [0.05, 0.1) is 5.60 Å². The number of phenolic OH excluding ortho intramolecular Hbond substituents is 1. The monoisotopic (exact) mass is 467 g/mol. The van der Waals surface area contributed by atoms with Gasteiger partial charge in [0.1, 0.15) is 11.7 Å². The zero-order chi connectivity index (χ0) is 24.3. The van der Waals surface area contributed by atoms with Crippen LogP contribution in [-0.2, 0) is 16.6 Å². The average Bonchev–Trinajstić information content (AvgIpc) is 3.16. The van der Waals surface area contributed by atoms with E-state index >= 15 is 0 Å². The molecule has 5 heteroatoms. The zero-order valence-corrected chi connectivity index (χ0v) is 21.5. The van der Waals surface area contributed by atoms with E-state index in [4.69, 9.17) is 9.47 Å². The molecule has 2 N–H and O–H groups in total. The fraction of sp³-hybridized carbons (Fsp3) is 0.724. The van der Waals surface area contributed by atoms with Crippen molar-refractivity contribution in [1.82, 2.24) is 4.90 Å². The fourth-order valence-electron chi connectivity index (χ4n) is 9.25. The molecule has 0 amide bonds. The van der Waals surface area contributed by atoms with Crippen LogP contribution in [0.1, 0.15) is 70.9 Å². The van der Waals surface area contributed by atoms with Crippen LogP contribution in [0.2, 0.25) is 0 Å². The molecule has 0 aromatic heterocycles. The van der Waals surface area contributed by atoms with Crippen molar-refractivity contribution in [1.29, 1.82) is 0 Å². The molecule has 5 nitrogen and oxygen atoms in total. The van der Waals surface area contributed by atoms with Gasteiger partial charge in [-0.25, -0.2) is 0 Å². The summed E-state index contributed by atoms with van der Waals surface area (Å²) in [6, 6.07) is 4.33. The first-order valence-corrected chi connectivity index (χ1v) is 13.1. The predicted octanol–water partition coefficient (Wildman–Crippen LogP) is 4.58. The van der Waals surface area contributed by atoms with Crippen molar-refractivity contribution in [2.75, 3.05) is 20.2 Å². The maximum Gasteiger partial charge on any atom is 0.165 e. The molecule has 4 fully saturated rings. The molecule has 6 aliphatic rings. The molecule has 0 radical (unpaired) electrons. The SMILES string of the molecule is C=CCCN1CC[C@]23c4c5ccc(O)c4O[C@H]2[C@@]2(OC)CC[C@@]3(C[C@@H]2C(C)(O)C(C)(C)C)[C@H]1C5. The Labute approximate surface area is 204 Å². The first-order valence-electron chi connectivity index (χ1n) is 13.1. The second kappa shape index (κ2) is 6.80. The number of ether oxygens (including phenoxy) is 2. The van der Waals surface area contributed by atoms with Crippen LogP contribution in [0.5, 0.6) is 11.5 Å². The number of aliphatic hydroxyl groups is 1. The number of aromatic hydroxyl groups is 1. The molecule has 2 heterocycles. The van der Waals surface area contributed by atoms with Crippen LogP contribution in [-0.4, -0.2) is 58.7 Å². The number of piperidine rings is 1. The Morgan fingerprint density at radius 1 is 1.24 bits per heavy atom. The highest BCUT2D eigenvalue weighted by Crippen LogP contribution is 2.77. The van der Waals surface area contributed by atoms with Crippen molar-refractivity contribution < 1.29 is 19.7 Å². The van der Waals surface area contributed by atoms with E-state index in [-0.39, 0.29) is 34.0 Å². The van der Waals surface area contributed by atoms with E-state index in [9.17, 15) is 10.2 Å². The van der Waals surface area contributed by atoms with Gasteiger partial charge in [-0.3, -0.25) is 4.90 Å². The third-order valence-corrected chi connectivity index (χ3v) is 11.3. The van der Waals surface area contributed by atoms with Crippen molar-refractivity contribution >= 4 is 0 Å². The maximum atomic E-state index is 12.2. The normalized spacial score (nSPS) is 41.5.